The Morgan fingerprint density at radius 1 is 1.32 bits per heavy atom. The minimum absolute atomic E-state index is 0.418. The van der Waals surface area contributed by atoms with E-state index in [1.807, 2.05) is 12.3 Å². The van der Waals surface area contributed by atoms with Crippen molar-refractivity contribution < 1.29 is 4.74 Å². The third kappa shape index (κ3) is 2.34. The average Bonchev–Trinajstić information content (AvgIpc) is 2.83. The van der Waals surface area contributed by atoms with Gasteiger partial charge in [-0.25, -0.2) is 0 Å². The van der Waals surface area contributed by atoms with Crippen molar-refractivity contribution in [3.05, 3.63) is 24.0 Å². The predicted octanol–water partition coefficient (Wildman–Crippen LogP) is 2.98. The molecular formula is C16H23N4OP. The van der Waals surface area contributed by atoms with Crippen LogP contribution < -0.4 is 15.4 Å². The maximum absolute atomic E-state index is 6.16. The lowest BCUT2D eigenvalue weighted by atomic mass is 10.0. The number of benzene rings is 1. The Hall–Kier alpha value is -1.74. The van der Waals surface area contributed by atoms with Crippen LogP contribution in [0.4, 0.5) is 11.4 Å². The molecule has 0 fully saturated rings. The zero-order chi connectivity index (χ0) is 15.9. The normalized spacial score (nSPS) is 14.3. The van der Waals surface area contributed by atoms with E-state index in [0.29, 0.717) is 20.5 Å². The number of hydrogen-bond acceptors (Lipinski definition) is 4. The van der Waals surface area contributed by atoms with Crippen LogP contribution in [0.1, 0.15) is 19.5 Å². The van der Waals surface area contributed by atoms with Gasteiger partial charge in [0.2, 0.25) is 0 Å². The Morgan fingerprint density at radius 2 is 2.09 bits per heavy atom. The molecule has 1 aliphatic heterocycles. The van der Waals surface area contributed by atoms with Crippen molar-refractivity contribution in [1.29, 1.82) is 0 Å². The molecule has 5 nitrogen and oxygen atoms in total. The highest BCUT2D eigenvalue weighted by Crippen LogP contribution is 2.42. The molecule has 1 atom stereocenters. The third-order valence-electron chi connectivity index (χ3n) is 4.24. The fourth-order valence-corrected chi connectivity index (χ4v) is 3.81. The number of rotatable bonds is 3. The van der Waals surface area contributed by atoms with Crippen LogP contribution in [0.3, 0.4) is 0 Å². The molecule has 1 aliphatic rings. The molecular weight excluding hydrogens is 295 g/mol. The Labute approximate surface area is 133 Å². The van der Waals surface area contributed by atoms with Crippen LogP contribution in [-0.4, -0.2) is 35.9 Å². The number of methoxy groups -OCH3 is 1. The molecule has 1 unspecified atom stereocenters. The van der Waals surface area contributed by atoms with E-state index in [9.17, 15) is 0 Å². The van der Waals surface area contributed by atoms with Gasteiger partial charge >= 0.3 is 0 Å². The summed E-state index contributed by atoms with van der Waals surface area (Å²) in [5.74, 6) is 0.734. The van der Waals surface area contributed by atoms with Crippen molar-refractivity contribution in [3.8, 4) is 16.9 Å². The number of nitrogen functional groups attached to an aromatic ring is 1. The van der Waals surface area contributed by atoms with Crippen molar-refractivity contribution in [2.75, 3.05) is 31.0 Å². The molecule has 1 aromatic carbocycles. The van der Waals surface area contributed by atoms with Gasteiger partial charge in [0.1, 0.15) is 5.75 Å². The average molecular weight is 318 g/mol. The SMILES string of the molecule is COc1cc2c(cc1N)-c1cnn(PC)c1CCN2C(C)C. The summed E-state index contributed by atoms with van der Waals surface area (Å²) in [6.07, 6.45) is 2.96. The second kappa shape index (κ2) is 5.81. The van der Waals surface area contributed by atoms with Gasteiger partial charge in [0, 0.05) is 50.6 Å². The van der Waals surface area contributed by atoms with Gasteiger partial charge in [-0.3, -0.25) is 4.45 Å². The highest BCUT2D eigenvalue weighted by molar-refractivity contribution is 7.35. The Kier molecular flexibility index (Phi) is 4.00. The maximum Gasteiger partial charge on any atom is 0.143 e. The van der Waals surface area contributed by atoms with E-state index in [1.54, 1.807) is 7.11 Å². The van der Waals surface area contributed by atoms with Gasteiger partial charge in [-0.05, 0) is 26.6 Å². The number of anilines is 2. The predicted molar refractivity (Wildman–Crippen MR) is 94.5 cm³/mol. The highest BCUT2D eigenvalue weighted by atomic mass is 31.1. The fourth-order valence-electron chi connectivity index (χ4n) is 3.13. The van der Waals surface area contributed by atoms with Crippen LogP contribution in [0.5, 0.6) is 5.75 Å². The van der Waals surface area contributed by atoms with E-state index in [-0.39, 0.29) is 0 Å². The first-order valence-electron chi connectivity index (χ1n) is 7.56. The molecule has 0 aliphatic carbocycles. The summed E-state index contributed by atoms with van der Waals surface area (Å²) in [4.78, 5) is 2.42. The van der Waals surface area contributed by atoms with Crippen molar-refractivity contribution in [2.45, 2.75) is 26.3 Å². The van der Waals surface area contributed by atoms with Crippen molar-refractivity contribution in [1.82, 2.24) is 9.55 Å². The Balaban J connectivity index is 2.25. The topological polar surface area (TPSA) is 56.3 Å². The van der Waals surface area contributed by atoms with Gasteiger partial charge in [-0.15, -0.1) is 0 Å². The van der Waals surface area contributed by atoms with Crippen LogP contribution in [0.25, 0.3) is 11.1 Å². The third-order valence-corrected chi connectivity index (χ3v) is 5.05. The quantitative estimate of drug-likeness (QED) is 0.698. The number of nitrogens with two attached hydrogens (primary N) is 1. The number of aromatic nitrogens is 2. The molecule has 0 saturated carbocycles. The summed E-state index contributed by atoms with van der Waals surface area (Å²) in [6.45, 7) is 7.57. The molecule has 22 heavy (non-hydrogen) atoms. The van der Waals surface area contributed by atoms with E-state index in [2.05, 4.69) is 41.0 Å². The molecule has 2 aromatic rings. The number of ether oxygens (including phenoxy) is 1. The molecule has 1 aromatic heterocycles. The molecule has 6 heteroatoms. The maximum atomic E-state index is 6.16. The number of nitrogens with zero attached hydrogens (tertiary/aromatic N) is 3. The van der Waals surface area contributed by atoms with E-state index < -0.39 is 0 Å². The largest absolute Gasteiger partial charge is 0.495 e. The Bertz CT molecular complexity index is 696. The van der Waals surface area contributed by atoms with Crippen LogP contribution in [-0.2, 0) is 6.42 Å². The Morgan fingerprint density at radius 3 is 2.73 bits per heavy atom. The lowest BCUT2D eigenvalue weighted by Gasteiger charge is -2.29. The minimum atomic E-state index is 0.418. The molecule has 0 amide bonds. The highest BCUT2D eigenvalue weighted by Gasteiger charge is 2.25. The van der Waals surface area contributed by atoms with Gasteiger partial charge in [-0.1, -0.05) is 0 Å². The fraction of sp³-hybridized carbons (Fsp3) is 0.438. The second-order valence-electron chi connectivity index (χ2n) is 5.79. The zero-order valence-electron chi connectivity index (χ0n) is 13.6. The summed E-state index contributed by atoms with van der Waals surface area (Å²) in [5, 5.41) is 4.54. The summed E-state index contributed by atoms with van der Waals surface area (Å²) in [6, 6.07) is 4.51. The summed E-state index contributed by atoms with van der Waals surface area (Å²) >= 11 is 0. The summed E-state index contributed by atoms with van der Waals surface area (Å²) < 4.78 is 7.54. The van der Waals surface area contributed by atoms with Gasteiger partial charge in [0.25, 0.3) is 0 Å². The molecule has 3 rings (SSSR count). The van der Waals surface area contributed by atoms with Crippen LogP contribution in [0.2, 0.25) is 0 Å². The van der Waals surface area contributed by atoms with E-state index >= 15 is 0 Å². The molecule has 2 N–H and O–H groups in total. The van der Waals surface area contributed by atoms with E-state index in [0.717, 1.165) is 24.3 Å². The van der Waals surface area contributed by atoms with Gasteiger partial charge in [0.15, 0.2) is 0 Å². The second-order valence-corrected chi connectivity index (χ2v) is 6.66. The van der Waals surface area contributed by atoms with E-state index in [4.69, 9.17) is 10.5 Å². The lowest BCUT2D eigenvalue weighted by molar-refractivity contribution is 0.417. The van der Waals surface area contributed by atoms with Crippen molar-refractivity contribution in [3.63, 3.8) is 0 Å². The zero-order valence-corrected chi connectivity index (χ0v) is 14.6. The lowest BCUT2D eigenvalue weighted by Crippen LogP contribution is -2.32. The molecule has 0 bridgehead atoms. The summed E-state index contributed by atoms with van der Waals surface area (Å²) in [7, 11) is 2.30. The molecule has 0 saturated heterocycles. The van der Waals surface area contributed by atoms with Crippen LogP contribution in [0, 0.1) is 0 Å². The molecule has 118 valence electrons. The van der Waals surface area contributed by atoms with Crippen molar-refractivity contribution >= 4 is 20.1 Å². The van der Waals surface area contributed by atoms with Crippen LogP contribution in [0.15, 0.2) is 18.3 Å². The molecule has 0 spiro atoms. The van der Waals surface area contributed by atoms with Crippen LogP contribution >= 0.6 is 8.73 Å². The summed E-state index contributed by atoms with van der Waals surface area (Å²) in [5.41, 5.74) is 11.7. The first-order chi connectivity index (χ1) is 10.6. The minimum Gasteiger partial charge on any atom is -0.495 e. The van der Waals surface area contributed by atoms with Crippen molar-refractivity contribution in [2.24, 2.45) is 0 Å². The monoisotopic (exact) mass is 318 g/mol. The van der Waals surface area contributed by atoms with Gasteiger partial charge in [0.05, 0.1) is 24.7 Å². The number of fused-ring (bicyclic) bond motifs is 3. The standard InChI is InChI=1S/C16H23N4OP/c1-10(2)19-6-5-14-12(9-18-20(14)22-4)11-7-13(17)16(21-3)8-15(11)19/h7-10,22H,5-6,17H2,1-4H3. The first kappa shape index (κ1) is 15.2. The molecule has 0 radical (unpaired) electrons. The van der Waals surface area contributed by atoms with Gasteiger partial charge < -0.3 is 15.4 Å². The first-order valence-corrected chi connectivity index (χ1v) is 9.00. The van der Waals surface area contributed by atoms with E-state index in [1.165, 1.54) is 16.9 Å². The molecule has 2 heterocycles. The smallest absolute Gasteiger partial charge is 0.143 e. The number of hydrogen-bond donors (Lipinski definition) is 1. The van der Waals surface area contributed by atoms with Gasteiger partial charge in [-0.2, -0.15) is 5.10 Å².